The summed E-state index contributed by atoms with van der Waals surface area (Å²) in [5.41, 5.74) is 1.66. The van der Waals surface area contributed by atoms with Crippen LogP contribution in [0.25, 0.3) is 11.0 Å². The summed E-state index contributed by atoms with van der Waals surface area (Å²) < 4.78 is 6.02. The molecule has 2 heterocycles. The number of nitrogens with one attached hydrogen (secondary N) is 1. The molecule has 0 amide bonds. The largest absolute Gasteiger partial charge is 0.508 e. The molecule has 0 spiro atoms. The lowest BCUT2D eigenvalue weighted by Gasteiger charge is -2.07. The number of aromatic nitrogens is 2. The number of nitrogens with zero attached hydrogens (tertiary/aromatic N) is 2. The van der Waals surface area contributed by atoms with Crippen molar-refractivity contribution < 1.29 is 9.52 Å². The van der Waals surface area contributed by atoms with Crippen LogP contribution >= 0.6 is 23.1 Å². The zero-order valence-electron chi connectivity index (χ0n) is 12.6. The Bertz CT molecular complexity index is 905. The van der Waals surface area contributed by atoms with Gasteiger partial charge in [0.1, 0.15) is 11.3 Å². The van der Waals surface area contributed by atoms with E-state index in [1.807, 2.05) is 13.0 Å². The van der Waals surface area contributed by atoms with E-state index >= 15 is 0 Å². The van der Waals surface area contributed by atoms with Crippen LogP contribution in [-0.2, 0) is 12.2 Å². The first-order chi connectivity index (χ1) is 11.1. The molecule has 0 saturated heterocycles. The third-order valence-electron chi connectivity index (χ3n) is 3.38. The minimum atomic E-state index is -0.426. The normalized spacial score (nSPS) is 11.0. The summed E-state index contributed by atoms with van der Waals surface area (Å²) in [6, 6.07) is 4.88. The van der Waals surface area contributed by atoms with Crippen LogP contribution < -0.4 is 10.9 Å². The molecule has 3 rings (SSSR count). The van der Waals surface area contributed by atoms with Gasteiger partial charge in [-0.05, 0) is 23.6 Å². The molecule has 23 heavy (non-hydrogen) atoms. The molecule has 0 aliphatic rings. The fraction of sp³-hybridized carbons (Fsp3) is 0.267. The molecule has 6 nitrogen and oxygen atoms in total. The van der Waals surface area contributed by atoms with Crippen LogP contribution in [0, 0.1) is 0 Å². The molecular formula is C15H15N3O3S2. The highest BCUT2D eigenvalue weighted by Crippen LogP contribution is 2.32. The number of phenolic OH excluding ortho intramolecular Hbond substituents is 1. The van der Waals surface area contributed by atoms with E-state index in [0.717, 1.165) is 26.0 Å². The second-order valence-corrected chi connectivity index (χ2v) is 7.03. The molecular weight excluding hydrogens is 334 g/mol. The Morgan fingerprint density at radius 2 is 2.13 bits per heavy atom. The second-order valence-electron chi connectivity index (χ2n) is 4.83. The lowest BCUT2D eigenvalue weighted by molar-refractivity contribution is 0.466. The fourth-order valence-corrected chi connectivity index (χ4v) is 3.91. The summed E-state index contributed by atoms with van der Waals surface area (Å²) in [5.74, 6) is 0.727. The summed E-state index contributed by atoms with van der Waals surface area (Å²) in [5, 5.41) is 22.5. The van der Waals surface area contributed by atoms with Crippen LogP contribution in [0.5, 0.6) is 5.75 Å². The number of thioether (sulfide) groups is 1. The highest BCUT2D eigenvalue weighted by atomic mass is 32.2. The van der Waals surface area contributed by atoms with Gasteiger partial charge in [0.2, 0.25) is 5.13 Å². The quantitative estimate of drug-likeness (QED) is 0.540. The Kier molecular flexibility index (Phi) is 4.53. The maximum Gasteiger partial charge on any atom is 0.336 e. The molecule has 0 aliphatic carbocycles. The zero-order chi connectivity index (χ0) is 16.4. The van der Waals surface area contributed by atoms with Gasteiger partial charge in [0.05, 0.1) is 0 Å². The molecule has 2 N–H and O–H groups in total. The van der Waals surface area contributed by atoms with Gasteiger partial charge in [0.15, 0.2) is 4.34 Å². The average Bonchev–Trinajstić information content (AvgIpc) is 3.00. The van der Waals surface area contributed by atoms with Crippen LogP contribution in [0.3, 0.4) is 0 Å². The van der Waals surface area contributed by atoms with Gasteiger partial charge in [-0.15, -0.1) is 10.2 Å². The number of hydrogen-bond donors (Lipinski definition) is 2. The van der Waals surface area contributed by atoms with Gasteiger partial charge in [-0.1, -0.05) is 30.0 Å². The first kappa shape index (κ1) is 15.8. The summed E-state index contributed by atoms with van der Waals surface area (Å²) in [6.45, 7) is 1.97. The number of anilines is 1. The first-order valence-electron chi connectivity index (χ1n) is 7.03. The van der Waals surface area contributed by atoms with Crippen LogP contribution in [0.2, 0.25) is 0 Å². The van der Waals surface area contributed by atoms with E-state index in [9.17, 15) is 9.90 Å². The number of hydrogen-bond acceptors (Lipinski definition) is 8. The zero-order valence-corrected chi connectivity index (χ0v) is 14.3. The maximum absolute atomic E-state index is 11.7. The highest BCUT2D eigenvalue weighted by molar-refractivity contribution is 8.00. The van der Waals surface area contributed by atoms with Gasteiger partial charge in [0, 0.05) is 30.3 Å². The van der Waals surface area contributed by atoms with Crippen molar-refractivity contribution in [3.63, 3.8) is 0 Å². The molecule has 0 unspecified atom stereocenters. The summed E-state index contributed by atoms with van der Waals surface area (Å²) in [6.07, 6.45) is 0.704. The topological polar surface area (TPSA) is 88.3 Å². The van der Waals surface area contributed by atoms with E-state index in [2.05, 4.69) is 15.5 Å². The molecule has 0 radical (unpaired) electrons. The number of phenols is 1. The Morgan fingerprint density at radius 1 is 1.30 bits per heavy atom. The summed E-state index contributed by atoms with van der Waals surface area (Å²) in [4.78, 5) is 11.7. The molecule has 0 bridgehead atoms. The molecule has 8 heteroatoms. The van der Waals surface area contributed by atoms with Crippen molar-refractivity contribution in [2.24, 2.45) is 0 Å². The van der Waals surface area contributed by atoms with Crippen molar-refractivity contribution in [3.8, 4) is 5.75 Å². The monoisotopic (exact) mass is 349 g/mol. The van der Waals surface area contributed by atoms with Gasteiger partial charge >= 0.3 is 5.63 Å². The highest BCUT2D eigenvalue weighted by Gasteiger charge is 2.11. The van der Waals surface area contributed by atoms with Crippen molar-refractivity contribution in [1.82, 2.24) is 10.2 Å². The maximum atomic E-state index is 11.7. The van der Waals surface area contributed by atoms with Crippen LogP contribution in [0.4, 0.5) is 5.13 Å². The number of fused-ring (bicyclic) bond motifs is 1. The summed E-state index contributed by atoms with van der Waals surface area (Å²) >= 11 is 2.97. The van der Waals surface area contributed by atoms with Crippen LogP contribution in [0.15, 0.2) is 31.8 Å². The van der Waals surface area contributed by atoms with Crippen LogP contribution in [0.1, 0.15) is 18.1 Å². The molecule has 2 aromatic heterocycles. The minimum Gasteiger partial charge on any atom is -0.508 e. The summed E-state index contributed by atoms with van der Waals surface area (Å²) in [7, 11) is 1.80. The van der Waals surface area contributed by atoms with Gasteiger partial charge in [-0.2, -0.15) is 0 Å². The molecule has 0 atom stereocenters. The minimum absolute atomic E-state index is 0.149. The van der Waals surface area contributed by atoms with E-state index in [0.29, 0.717) is 17.8 Å². The lowest BCUT2D eigenvalue weighted by Crippen LogP contribution is -2.00. The van der Waals surface area contributed by atoms with Crippen molar-refractivity contribution in [3.05, 3.63) is 39.7 Å². The molecule has 0 saturated carbocycles. The van der Waals surface area contributed by atoms with E-state index in [1.54, 1.807) is 7.05 Å². The van der Waals surface area contributed by atoms with Crippen molar-refractivity contribution >= 4 is 39.2 Å². The van der Waals surface area contributed by atoms with Gasteiger partial charge in [-0.25, -0.2) is 4.79 Å². The van der Waals surface area contributed by atoms with E-state index in [4.69, 9.17) is 4.42 Å². The number of rotatable bonds is 5. The number of aromatic hydroxyl groups is 1. The Balaban J connectivity index is 1.96. The SMILES string of the molecule is CCc1cc2c(CSc3nnc(NC)s3)cc(=O)oc2cc1O. The Labute approximate surface area is 140 Å². The smallest absolute Gasteiger partial charge is 0.336 e. The fourth-order valence-electron chi connectivity index (χ4n) is 2.22. The van der Waals surface area contributed by atoms with E-state index in [1.165, 1.54) is 35.2 Å². The van der Waals surface area contributed by atoms with Gasteiger partial charge in [0.25, 0.3) is 0 Å². The molecule has 1 aromatic carbocycles. The number of benzene rings is 1. The van der Waals surface area contributed by atoms with Gasteiger partial charge < -0.3 is 14.8 Å². The third-order valence-corrected chi connectivity index (χ3v) is 5.50. The van der Waals surface area contributed by atoms with Crippen LogP contribution in [-0.4, -0.2) is 22.4 Å². The predicted molar refractivity (Wildman–Crippen MR) is 92.5 cm³/mol. The average molecular weight is 349 g/mol. The van der Waals surface area contributed by atoms with Gasteiger partial charge in [-0.3, -0.25) is 0 Å². The van der Waals surface area contributed by atoms with Crippen molar-refractivity contribution in [1.29, 1.82) is 0 Å². The standard InChI is InChI=1S/C15H15N3O3S2/c1-3-8-4-10-9(5-13(20)21-12(10)6-11(8)19)7-22-15-18-17-14(16-2)23-15/h4-6,19H,3,7H2,1-2H3,(H,16,17). The van der Waals surface area contributed by atoms with Crippen molar-refractivity contribution in [2.45, 2.75) is 23.4 Å². The lowest BCUT2D eigenvalue weighted by atomic mass is 10.1. The Hall–Kier alpha value is -2.06. The molecule has 3 aromatic rings. The third kappa shape index (κ3) is 3.32. The number of aryl methyl sites for hydroxylation is 1. The van der Waals surface area contributed by atoms with E-state index in [-0.39, 0.29) is 5.75 Å². The van der Waals surface area contributed by atoms with Crippen molar-refractivity contribution in [2.75, 3.05) is 12.4 Å². The van der Waals surface area contributed by atoms with E-state index < -0.39 is 5.63 Å². The Morgan fingerprint density at radius 3 is 2.83 bits per heavy atom. The molecule has 120 valence electrons. The predicted octanol–water partition coefficient (Wildman–Crippen LogP) is 3.25. The molecule has 0 fully saturated rings. The molecule has 0 aliphatic heterocycles. The first-order valence-corrected chi connectivity index (χ1v) is 8.83. The second kappa shape index (κ2) is 6.59.